The van der Waals surface area contributed by atoms with Crippen LogP contribution in [-0.4, -0.2) is 26.2 Å². The highest BCUT2D eigenvalue weighted by atomic mass is 35.5. The fraction of sp³-hybridized carbons (Fsp3) is 0.385. The molecule has 0 unspecified atom stereocenters. The van der Waals surface area contributed by atoms with Crippen molar-refractivity contribution in [1.29, 1.82) is 0 Å². The molecule has 20 heavy (non-hydrogen) atoms. The molecule has 1 aromatic rings. The van der Waals surface area contributed by atoms with Crippen LogP contribution >= 0.6 is 11.6 Å². The molecule has 6 nitrogen and oxygen atoms in total. The Hall–Kier alpha value is -1.95. The zero-order valence-electron chi connectivity index (χ0n) is 11.6. The molecular formula is C13H15ClO6. The number of carbonyl (C=O) groups excluding carboxylic acids is 2. The van der Waals surface area contributed by atoms with Crippen molar-refractivity contribution in [1.82, 2.24) is 0 Å². The van der Waals surface area contributed by atoms with Gasteiger partial charge in [-0.25, -0.2) is 0 Å². The molecule has 0 N–H and O–H groups in total. The van der Waals surface area contributed by atoms with Gasteiger partial charge in [0.2, 0.25) is 0 Å². The van der Waals surface area contributed by atoms with E-state index in [2.05, 4.69) is 0 Å². The highest BCUT2D eigenvalue weighted by Crippen LogP contribution is 2.40. The van der Waals surface area contributed by atoms with E-state index >= 15 is 0 Å². The van der Waals surface area contributed by atoms with Crippen molar-refractivity contribution in [3.63, 3.8) is 0 Å². The minimum Gasteiger partial charge on any atom is -0.493 e. The molecule has 0 atom stereocenters. The molecule has 0 heterocycles. The highest BCUT2D eigenvalue weighted by molar-refractivity contribution is 6.33. The van der Waals surface area contributed by atoms with Crippen molar-refractivity contribution in [2.24, 2.45) is 0 Å². The first-order valence-corrected chi connectivity index (χ1v) is 6.03. The van der Waals surface area contributed by atoms with Gasteiger partial charge in [-0.1, -0.05) is 11.6 Å². The maximum Gasteiger partial charge on any atom is 0.305 e. The van der Waals surface area contributed by atoms with Crippen molar-refractivity contribution in [2.75, 3.05) is 14.2 Å². The molecule has 110 valence electrons. The topological polar surface area (TPSA) is 71.1 Å². The Kier molecular flexibility index (Phi) is 5.64. The lowest BCUT2D eigenvalue weighted by atomic mass is 10.2. The lowest BCUT2D eigenvalue weighted by Gasteiger charge is -2.20. The van der Waals surface area contributed by atoms with Crippen LogP contribution in [0.1, 0.15) is 25.7 Å². The molecule has 1 aromatic carbocycles. The molecular weight excluding hydrogens is 288 g/mol. The van der Waals surface area contributed by atoms with Gasteiger partial charge in [0.15, 0.2) is 11.5 Å². The van der Waals surface area contributed by atoms with Gasteiger partial charge in [-0.15, -0.1) is 0 Å². The molecule has 0 aliphatic rings. The van der Waals surface area contributed by atoms with E-state index in [-0.39, 0.29) is 16.3 Å². The van der Waals surface area contributed by atoms with Crippen LogP contribution < -0.4 is 9.47 Å². The van der Waals surface area contributed by atoms with Crippen LogP contribution in [0.25, 0.3) is 0 Å². The first-order chi connectivity index (χ1) is 9.40. The number of rotatable bonds is 5. The molecule has 0 bridgehead atoms. The SMILES string of the molecule is COc1ccc(C(OC(C)=O)OC(C)=O)c(Cl)c1OC. The van der Waals surface area contributed by atoms with Gasteiger partial charge in [-0.3, -0.25) is 9.59 Å². The maximum atomic E-state index is 11.1. The normalized spacial score (nSPS) is 10.1. The summed E-state index contributed by atoms with van der Waals surface area (Å²) in [6.45, 7) is 2.40. The first kappa shape index (κ1) is 16.1. The van der Waals surface area contributed by atoms with Crippen molar-refractivity contribution in [2.45, 2.75) is 20.1 Å². The number of esters is 2. The number of hydrogen-bond acceptors (Lipinski definition) is 6. The summed E-state index contributed by atoms with van der Waals surface area (Å²) >= 11 is 6.17. The molecule has 0 aliphatic heterocycles. The Morgan fingerprint density at radius 1 is 1.05 bits per heavy atom. The van der Waals surface area contributed by atoms with Crippen LogP contribution in [0.4, 0.5) is 0 Å². The molecule has 0 aromatic heterocycles. The van der Waals surface area contributed by atoms with E-state index in [9.17, 15) is 9.59 Å². The zero-order valence-corrected chi connectivity index (χ0v) is 12.3. The van der Waals surface area contributed by atoms with E-state index in [0.717, 1.165) is 0 Å². The lowest BCUT2D eigenvalue weighted by molar-refractivity contribution is -0.186. The third-order valence-corrected chi connectivity index (χ3v) is 2.70. The second-order valence-corrected chi connectivity index (χ2v) is 4.13. The van der Waals surface area contributed by atoms with Crippen molar-refractivity contribution in [3.05, 3.63) is 22.7 Å². The van der Waals surface area contributed by atoms with Crippen molar-refractivity contribution < 1.29 is 28.5 Å². The van der Waals surface area contributed by atoms with Crippen LogP contribution in [-0.2, 0) is 19.1 Å². The summed E-state index contributed by atoms with van der Waals surface area (Å²) in [4.78, 5) is 22.2. The standard InChI is InChI=1S/C13H15ClO6/c1-7(15)19-13(20-8(2)16)9-5-6-10(17-3)12(18-4)11(9)14/h5-6,13H,1-4H3. The molecule has 0 saturated carbocycles. The average molecular weight is 303 g/mol. The Balaban J connectivity index is 3.25. The summed E-state index contributed by atoms with van der Waals surface area (Å²) in [5.74, 6) is -0.550. The number of hydrogen-bond donors (Lipinski definition) is 0. The third-order valence-electron chi connectivity index (χ3n) is 2.31. The van der Waals surface area contributed by atoms with Crippen LogP contribution in [0.3, 0.4) is 0 Å². The van der Waals surface area contributed by atoms with E-state index in [1.165, 1.54) is 34.1 Å². The molecule has 0 fully saturated rings. The van der Waals surface area contributed by atoms with Gasteiger partial charge in [0.1, 0.15) is 0 Å². The number of carbonyl (C=O) groups is 2. The molecule has 0 radical (unpaired) electrons. The van der Waals surface area contributed by atoms with Crippen molar-refractivity contribution >= 4 is 23.5 Å². The predicted molar refractivity (Wildman–Crippen MR) is 70.8 cm³/mol. The lowest BCUT2D eigenvalue weighted by Crippen LogP contribution is -2.15. The number of benzene rings is 1. The fourth-order valence-corrected chi connectivity index (χ4v) is 1.86. The Morgan fingerprint density at radius 2 is 1.60 bits per heavy atom. The molecule has 0 saturated heterocycles. The van der Waals surface area contributed by atoms with Gasteiger partial charge < -0.3 is 18.9 Å². The monoisotopic (exact) mass is 302 g/mol. The first-order valence-electron chi connectivity index (χ1n) is 5.65. The number of halogens is 1. The summed E-state index contributed by atoms with van der Waals surface area (Å²) in [6, 6.07) is 3.10. The van der Waals surface area contributed by atoms with Crippen LogP contribution in [0.2, 0.25) is 5.02 Å². The van der Waals surface area contributed by atoms with Gasteiger partial charge in [-0.2, -0.15) is 0 Å². The molecule has 1 rings (SSSR count). The smallest absolute Gasteiger partial charge is 0.305 e. The maximum absolute atomic E-state index is 11.1. The predicted octanol–water partition coefficient (Wildman–Crippen LogP) is 2.48. The summed E-state index contributed by atoms with van der Waals surface area (Å²) in [5, 5.41) is 0.138. The van der Waals surface area contributed by atoms with Crippen LogP contribution in [0, 0.1) is 0 Å². The Labute approximate surface area is 121 Å². The number of ether oxygens (including phenoxy) is 4. The summed E-state index contributed by atoms with van der Waals surface area (Å²) in [5.41, 5.74) is 0.287. The summed E-state index contributed by atoms with van der Waals surface area (Å²) in [6.07, 6.45) is -1.24. The van der Waals surface area contributed by atoms with E-state index in [0.29, 0.717) is 5.75 Å². The van der Waals surface area contributed by atoms with Crippen molar-refractivity contribution in [3.8, 4) is 11.5 Å². The van der Waals surface area contributed by atoms with Gasteiger partial charge in [0, 0.05) is 13.8 Å². The second kappa shape index (κ2) is 7.00. The van der Waals surface area contributed by atoms with Gasteiger partial charge in [-0.05, 0) is 12.1 Å². The highest BCUT2D eigenvalue weighted by Gasteiger charge is 2.24. The van der Waals surface area contributed by atoms with E-state index < -0.39 is 18.2 Å². The summed E-state index contributed by atoms with van der Waals surface area (Å²) in [7, 11) is 2.88. The molecule has 7 heteroatoms. The third kappa shape index (κ3) is 3.77. The zero-order chi connectivity index (χ0) is 15.3. The second-order valence-electron chi connectivity index (χ2n) is 3.76. The minimum absolute atomic E-state index is 0.138. The number of methoxy groups -OCH3 is 2. The van der Waals surface area contributed by atoms with Gasteiger partial charge in [0.05, 0.1) is 24.8 Å². The van der Waals surface area contributed by atoms with Crippen LogP contribution in [0.15, 0.2) is 12.1 Å². The van der Waals surface area contributed by atoms with Crippen LogP contribution in [0.5, 0.6) is 11.5 Å². The Morgan fingerprint density at radius 3 is 2.00 bits per heavy atom. The van der Waals surface area contributed by atoms with E-state index in [1.54, 1.807) is 6.07 Å². The molecule has 0 amide bonds. The van der Waals surface area contributed by atoms with E-state index in [4.69, 9.17) is 30.5 Å². The summed E-state index contributed by atoms with van der Waals surface area (Å²) < 4.78 is 20.1. The molecule has 0 aliphatic carbocycles. The Bertz CT molecular complexity index is 498. The van der Waals surface area contributed by atoms with Gasteiger partial charge in [0.25, 0.3) is 6.29 Å². The average Bonchev–Trinajstić information content (AvgIpc) is 2.36. The quantitative estimate of drug-likeness (QED) is 0.614. The molecule has 0 spiro atoms. The fourth-order valence-electron chi connectivity index (χ4n) is 1.54. The minimum atomic E-state index is -1.24. The van der Waals surface area contributed by atoms with E-state index in [1.807, 2.05) is 0 Å². The van der Waals surface area contributed by atoms with Gasteiger partial charge >= 0.3 is 11.9 Å². The largest absolute Gasteiger partial charge is 0.493 e.